The number of amides is 2. The number of thiazole rings is 1. The number of nitrogens with zero attached hydrogens (tertiary/aromatic N) is 3. The van der Waals surface area contributed by atoms with Crippen molar-refractivity contribution in [2.45, 2.75) is 44.9 Å². The van der Waals surface area contributed by atoms with E-state index in [2.05, 4.69) is 28.5 Å². The predicted octanol–water partition coefficient (Wildman–Crippen LogP) is 4.51. The number of carbonyl (C=O) groups excluding carboxylic acids is 1. The number of urea groups is 1. The molecular formula is C26H26N4O3S. The van der Waals surface area contributed by atoms with Crippen LogP contribution < -0.4 is 10.1 Å². The number of nitriles is 1. The van der Waals surface area contributed by atoms with Gasteiger partial charge < -0.3 is 20.1 Å². The van der Waals surface area contributed by atoms with E-state index >= 15 is 0 Å². The van der Waals surface area contributed by atoms with Gasteiger partial charge in [-0.25, -0.2) is 9.78 Å². The van der Waals surface area contributed by atoms with Crippen LogP contribution in [0.4, 0.5) is 4.79 Å². The second-order valence-corrected chi connectivity index (χ2v) is 10.0. The van der Waals surface area contributed by atoms with Gasteiger partial charge in [-0.3, -0.25) is 0 Å². The molecule has 0 bridgehead atoms. The van der Waals surface area contributed by atoms with Crippen molar-refractivity contribution in [3.63, 3.8) is 0 Å². The molecule has 0 spiro atoms. The van der Waals surface area contributed by atoms with E-state index < -0.39 is 6.10 Å². The van der Waals surface area contributed by atoms with Crippen molar-refractivity contribution in [2.24, 2.45) is 0 Å². The third-order valence-corrected chi connectivity index (χ3v) is 7.28. The summed E-state index contributed by atoms with van der Waals surface area (Å²) < 4.78 is 5.74. The summed E-state index contributed by atoms with van der Waals surface area (Å²) >= 11 is 1.59. The minimum absolute atomic E-state index is 0.00398. The van der Waals surface area contributed by atoms with Crippen LogP contribution in [0.15, 0.2) is 42.6 Å². The number of aromatic nitrogens is 1. The van der Waals surface area contributed by atoms with Gasteiger partial charge in [0.05, 0.1) is 41.8 Å². The number of aliphatic hydroxyl groups excluding tert-OH is 1. The maximum Gasteiger partial charge on any atom is 0.318 e. The monoisotopic (exact) mass is 474 g/mol. The molecule has 0 saturated carbocycles. The summed E-state index contributed by atoms with van der Waals surface area (Å²) in [6, 6.07) is 13.9. The fraction of sp³-hybridized carbons (Fsp3) is 0.346. The van der Waals surface area contributed by atoms with Gasteiger partial charge in [0.1, 0.15) is 16.8 Å². The standard InChI is InChI=1S/C26H26N4O3S/c1-15(2)33-23-9-6-16(10-17(23)11-27)25-28-12-24(34-25)21-5-3-4-20-19(21)7-8-22(20)29-26(32)30-13-18(31)14-30/h3-6,9-10,12,15,18,22,31H,7-8,13-14H2,1-2H3,(H,29,32). The highest BCUT2D eigenvalue weighted by Gasteiger charge is 2.32. The van der Waals surface area contributed by atoms with Crippen molar-refractivity contribution in [1.29, 1.82) is 5.26 Å². The molecule has 1 aliphatic heterocycles. The van der Waals surface area contributed by atoms with Gasteiger partial charge in [0, 0.05) is 11.8 Å². The molecule has 1 saturated heterocycles. The molecule has 1 atom stereocenters. The van der Waals surface area contributed by atoms with Crippen LogP contribution in [-0.4, -0.2) is 46.3 Å². The van der Waals surface area contributed by atoms with Gasteiger partial charge in [-0.2, -0.15) is 5.26 Å². The van der Waals surface area contributed by atoms with Gasteiger partial charge in [-0.15, -0.1) is 11.3 Å². The summed E-state index contributed by atoms with van der Waals surface area (Å²) in [6.07, 6.45) is 3.20. The van der Waals surface area contributed by atoms with Crippen LogP contribution >= 0.6 is 11.3 Å². The third kappa shape index (κ3) is 4.25. The highest BCUT2D eigenvalue weighted by atomic mass is 32.1. The zero-order valence-electron chi connectivity index (χ0n) is 19.1. The molecule has 174 valence electrons. The lowest BCUT2D eigenvalue weighted by Crippen LogP contribution is -2.57. The fourth-order valence-corrected chi connectivity index (χ4v) is 5.50. The van der Waals surface area contributed by atoms with Crippen molar-refractivity contribution < 1.29 is 14.6 Å². The van der Waals surface area contributed by atoms with Crippen LogP contribution in [0, 0.1) is 11.3 Å². The summed E-state index contributed by atoms with van der Waals surface area (Å²) in [6.45, 7) is 4.66. The Kier molecular flexibility index (Phi) is 5.98. The number of nitrogens with one attached hydrogen (secondary N) is 1. The molecule has 1 aliphatic carbocycles. The van der Waals surface area contributed by atoms with Crippen LogP contribution in [0.25, 0.3) is 21.0 Å². The molecule has 2 aliphatic rings. The lowest BCUT2D eigenvalue weighted by molar-refractivity contribution is 0.0257. The van der Waals surface area contributed by atoms with E-state index in [1.54, 1.807) is 16.2 Å². The number of β-amino-alcohol motifs (C(OH)–C–C–N with tert-alkyl or cyclic N) is 1. The molecule has 34 heavy (non-hydrogen) atoms. The van der Waals surface area contributed by atoms with E-state index in [1.165, 1.54) is 5.56 Å². The Balaban J connectivity index is 1.38. The first kappa shape index (κ1) is 22.4. The molecule has 2 aromatic carbocycles. The lowest BCUT2D eigenvalue weighted by Gasteiger charge is -2.36. The van der Waals surface area contributed by atoms with Gasteiger partial charge in [0.15, 0.2) is 0 Å². The zero-order chi connectivity index (χ0) is 23.8. The number of carbonyl (C=O) groups is 1. The lowest BCUT2D eigenvalue weighted by atomic mass is 10.0. The molecule has 8 heteroatoms. The van der Waals surface area contributed by atoms with Crippen LogP contribution in [0.1, 0.15) is 43.0 Å². The molecule has 1 aromatic heterocycles. The number of likely N-dealkylation sites (tertiary alicyclic amines) is 1. The Bertz CT molecular complexity index is 1270. The minimum atomic E-state index is -0.406. The first-order valence-electron chi connectivity index (χ1n) is 11.5. The molecule has 0 radical (unpaired) electrons. The maximum absolute atomic E-state index is 12.5. The molecule has 5 rings (SSSR count). The topological polar surface area (TPSA) is 98.5 Å². The van der Waals surface area contributed by atoms with Gasteiger partial charge in [0.25, 0.3) is 0 Å². The van der Waals surface area contributed by atoms with Crippen LogP contribution in [-0.2, 0) is 6.42 Å². The first-order valence-corrected chi connectivity index (χ1v) is 12.3. The normalized spacial score (nSPS) is 17.3. The molecule has 1 unspecified atom stereocenters. The highest BCUT2D eigenvalue weighted by molar-refractivity contribution is 7.18. The molecular weight excluding hydrogens is 448 g/mol. The van der Waals surface area contributed by atoms with Crippen molar-refractivity contribution in [3.05, 3.63) is 59.3 Å². The zero-order valence-corrected chi connectivity index (χ0v) is 19.9. The second kappa shape index (κ2) is 9.09. The number of benzene rings is 2. The molecule has 7 nitrogen and oxygen atoms in total. The van der Waals surface area contributed by atoms with Crippen molar-refractivity contribution in [2.75, 3.05) is 13.1 Å². The summed E-state index contributed by atoms with van der Waals surface area (Å²) in [5, 5.41) is 23.0. The first-order chi connectivity index (χ1) is 16.4. The van der Waals surface area contributed by atoms with Crippen molar-refractivity contribution >= 4 is 17.4 Å². The van der Waals surface area contributed by atoms with Crippen LogP contribution in [0.2, 0.25) is 0 Å². The smallest absolute Gasteiger partial charge is 0.318 e. The molecule has 2 N–H and O–H groups in total. The SMILES string of the molecule is CC(C)Oc1ccc(-c2ncc(-c3cccc4c3CCC4NC(=O)N3CC(O)C3)s2)cc1C#N. The Labute approximate surface area is 202 Å². The Morgan fingerprint density at radius 3 is 2.88 bits per heavy atom. The summed E-state index contributed by atoms with van der Waals surface area (Å²) in [5.74, 6) is 0.583. The number of hydrogen-bond acceptors (Lipinski definition) is 6. The van der Waals surface area contributed by atoms with Gasteiger partial charge in [0.2, 0.25) is 0 Å². The van der Waals surface area contributed by atoms with Gasteiger partial charge in [-0.1, -0.05) is 18.2 Å². The maximum atomic E-state index is 12.5. The molecule has 3 aromatic rings. The fourth-order valence-electron chi connectivity index (χ4n) is 4.54. The molecule has 2 heterocycles. The van der Waals surface area contributed by atoms with Crippen molar-refractivity contribution in [1.82, 2.24) is 15.2 Å². The molecule has 2 amide bonds. The second-order valence-electron chi connectivity index (χ2n) is 8.99. The average molecular weight is 475 g/mol. The van der Waals surface area contributed by atoms with Gasteiger partial charge >= 0.3 is 6.03 Å². The Hall–Kier alpha value is -3.41. The van der Waals surface area contributed by atoms with E-state index in [0.717, 1.165) is 39.4 Å². The van der Waals surface area contributed by atoms with E-state index in [0.29, 0.717) is 24.4 Å². The third-order valence-electron chi connectivity index (χ3n) is 6.20. The molecule has 1 fully saturated rings. The van der Waals surface area contributed by atoms with Crippen molar-refractivity contribution in [3.8, 4) is 32.8 Å². The number of hydrogen-bond donors (Lipinski definition) is 2. The van der Waals surface area contributed by atoms with Crippen LogP contribution in [0.5, 0.6) is 5.75 Å². The summed E-state index contributed by atoms with van der Waals surface area (Å²) in [7, 11) is 0. The Morgan fingerprint density at radius 2 is 2.15 bits per heavy atom. The Morgan fingerprint density at radius 1 is 1.32 bits per heavy atom. The highest BCUT2D eigenvalue weighted by Crippen LogP contribution is 2.41. The number of rotatable bonds is 5. The summed E-state index contributed by atoms with van der Waals surface area (Å²) in [4.78, 5) is 19.8. The average Bonchev–Trinajstić information content (AvgIpc) is 3.44. The quantitative estimate of drug-likeness (QED) is 0.567. The summed E-state index contributed by atoms with van der Waals surface area (Å²) in [5.41, 5.74) is 4.90. The number of fused-ring (bicyclic) bond motifs is 1. The van der Waals surface area contributed by atoms with E-state index in [1.807, 2.05) is 44.3 Å². The van der Waals surface area contributed by atoms with E-state index in [4.69, 9.17) is 4.74 Å². The van der Waals surface area contributed by atoms with E-state index in [-0.39, 0.29) is 18.2 Å². The van der Waals surface area contributed by atoms with E-state index in [9.17, 15) is 15.2 Å². The minimum Gasteiger partial charge on any atom is -0.490 e. The number of aliphatic hydroxyl groups is 1. The predicted molar refractivity (Wildman–Crippen MR) is 131 cm³/mol. The number of ether oxygens (including phenoxy) is 1. The van der Waals surface area contributed by atoms with Crippen LogP contribution in [0.3, 0.4) is 0 Å². The largest absolute Gasteiger partial charge is 0.490 e. The van der Waals surface area contributed by atoms with Gasteiger partial charge in [-0.05, 0) is 61.6 Å².